The first-order chi connectivity index (χ1) is 11.5. The Bertz CT molecular complexity index is 720. The maximum absolute atomic E-state index is 11.9. The van der Waals surface area contributed by atoms with Crippen molar-refractivity contribution in [2.45, 2.75) is 12.6 Å². The summed E-state index contributed by atoms with van der Waals surface area (Å²) in [6.45, 7) is 0.0608. The van der Waals surface area contributed by atoms with Crippen LogP contribution in [0, 0.1) is 0 Å². The van der Waals surface area contributed by atoms with Gasteiger partial charge in [-0.25, -0.2) is 9.59 Å². The summed E-state index contributed by atoms with van der Waals surface area (Å²) >= 11 is 3.29. The van der Waals surface area contributed by atoms with Crippen LogP contribution in [0.4, 0.5) is 4.79 Å². The zero-order chi connectivity index (χ0) is 17.5. The number of carboxylic acids is 1. The van der Waals surface area contributed by atoms with Gasteiger partial charge >= 0.3 is 12.1 Å². The largest absolute Gasteiger partial charge is 0.496 e. The van der Waals surface area contributed by atoms with E-state index in [1.54, 1.807) is 18.2 Å². The Kier molecular flexibility index (Phi) is 6.20. The van der Waals surface area contributed by atoms with E-state index in [1.165, 1.54) is 7.11 Å². The minimum Gasteiger partial charge on any atom is -0.496 e. The predicted octanol–water partition coefficient (Wildman–Crippen LogP) is 3.51. The molecule has 0 bridgehead atoms. The van der Waals surface area contributed by atoms with Crippen LogP contribution in [-0.4, -0.2) is 24.3 Å². The number of carboxylic acid groups (broad SMARTS) is 1. The Morgan fingerprint density at radius 1 is 1.21 bits per heavy atom. The number of halogens is 1. The minimum absolute atomic E-state index is 0.0608. The summed E-state index contributed by atoms with van der Waals surface area (Å²) in [5.74, 6) is -0.627. The van der Waals surface area contributed by atoms with Crippen molar-refractivity contribution in [1.82, 2.24) is 5.32 Å². The van der Waals surface area contributed by atoms with Crippen molar-refractivity contribution in [2.24, 2.45) is 0 Å². The van der Waals surface area contributed by atoms with E-state index in [1.807, 2.05) is 30.3 Å². The van der Waals surface area contributed by atoms with Crippen LogP contribution in [-0.2, 0) is 16.1 Å². The highest BCUT2D eigenvalue weighted by atomic mass is 79.9. The molecule has 0 saturated carbocycles. The number of hydrogen-bond acceptors (Lipinski definition) is 4. The second-order valence-corrected chi connectivity index (χ2v) is 5.73. The van der Waals surface area contributed by atoms with Crippen LogP contribution in [0.1, 0.15) is 17.2 Å². The second-order valence-electron chi connectivity index (χ2n) is 4.87. The third kappa shape index (κ3) is 4.73. The van der Waals surface area contributed by atoms with Gasteiger partial charge in [0.1, 0.15) is 12.4 Å². The van der Waals surface area contributed by atoms with E-state index < -0.39 is 18.1 Å². The molecule has 126 valence electrons. The maximum atomic E-state index is 11.9. The Morgan fingerprint density at radius 3 is 2.50 bits per heavy atom. The van der Waals surface area contributed by atoms with E-state index in [9.17, 15) is 14.7 Å². The first-order valence-corrected chi connectivity index (χ1v) is 7.84. The van der Waals surface area contributed by atoms with Crippen LogP contribution < -0.4 is 10.1 Å². The van der Waals surface area contributed by atoms with Crippen molar-refractivity contribution in [3.05, 3.63) is 64.1 Å². The molecule has 0 saturated heterocycles. The van der Waals surface area contributed by atoms with Gasteiger partial charge in [0.15, 0.2) is 6.04 Å². The summed E-state index contributed by atoms with van der Waals surface area (Å²) in [6.07, 6.45) is -0.807. The third-order valence-electron chi connectivity index (χ3n) is 3.23. The molecule has 0 aliphatic rings. The van der Waals surface area contributed by atoms with Crippen molar-refractivity contribution in [3.63, 3.8) is 0 Å². The molecule has 6 nitrogen and oxygen atoms in total. The van der Waals surface area contributed by atoms with Gasteiger partial charge in [0.05, 0.1) is 11.6 Å². The quantitative estimate of drug-likeness (QED) is 0.784. The van der Waals surface area contributed by atoms with E-state index in [0.717, 1.165) is 5.56 Å². The second kappa shape index (κ2) is 8.35. The minimum atomic E-state index is -1.23. The molecule has 0 aromatic heterocycles. The van der Waals surface area contributed by atoms with Gasteiger partial charge in [0, 0.05) is 0 Å². The van der Waals surface area contributed by atoms with Crippen molar-refractivity contribution in [2.75, 3.05) is 7.11 Å². The maximum Gasteiger partial charge on any atom is 0.408 e. The topological polar surface area (TPSA) is 84.9 Å². The van der Waals surface area contributed by atoms with Crippen LogP contribution in [0.25, 0.3) is 0 Å². The van der Waals surface area contributed by atoms with Crippen LogP contribution >= 0.6 is 15.9 Å². The summed E-state index contributed by atoms with van der Waals surface area (Å²) < 4.78 is 10.7. The molecule has 2 aromatic rings. The molecule has 1 atom stereocenters. The Hall–Kier alpha value is -2.54. The lowest BCUT2D eigenvalue weighted by atomic mass is 10.1. The number of rotatable bonds is 6. The first kappa shape index (κ1) is 17.8. The summed E-state index contributed by atoms with van der Waals surface area (Å²) in [6, 6.07) is 12.7. The lowest BCUT2D eigenvalue weighted by molar-refractivity contribution is -0.139. The van der Waals surface area contributed by atoms with Crippen LogP contribution in [0.2, 0.25) is 0 Å². The predicted molar refractivity (Wildman–Crippen MR) is 90.8 cm³/mol. The summed E-state index contributed by atoms with van der Waals surface area (Å²) in [7, 11) is 1.51. The normalized spacial score (nSPS) is 11.4. The lowest BCUT2D eigenvalue weighted by Gasteiger charge is -2.16. The number of carbonyl (C=O) groups excluding carboxylic acids is 1. The molecule has 2 aromatic carbocycles. The Labute approximate surface area is 147 Å². The van der Waals surface area contributed by atoms with Gasteiger partial charge in [-0.15, -0.1) is 0 Å². The summed E-state index contributed by atoms with van der Waals surface area (Å²) in [4.78, 5) is 23.3. The fraction of sp³-hybridized carbons (Fsp3) is 0.176. The average Bonchev–Trinajstić information content (AvgIpc) is 2.58. The van der Waals surface area contributed by atoms with E-state index in [4.69, 9.17) is 9.47 Å². The summed E-state index contributed by atoms with van der Waals surface area (Å²) in [5, 5.41) is 11.7. The molecule has 0 heterocycles. The molecular weight excluding hydrogens is 378 g/mol. The van der Waals surface area contributed by atoms with Crippen LogP contribution in [0.3, 0.4) is 0 Å². The van der Waals surface area contributed by atoms with Crippen molar-refractivity contribution >= 4 is 28.0 Å². The Balaban J connectivity index is 2.04. The standard InChI is InChI=1S/C17H16BrNO5/c1-23-14-8-7-12(9-13(14)18)15(16(20)21)19-17(22)24-10-11-5-3-2-4-6-11/h2-9,15H,10H2,1H3,(H,19,22)(H,20,21). The van der Waals surface area contributed by atoms with E-state index in [-0.39, 0.29) is 6.61 Å². The zero-order valence-electron chi connectivity index (χ0n) is 12.9. The number of benzene rings is 2. The molecular formula is C17H16BrNO5. The molecule has 0 radical (unpaired) electrons. The van der Waals surface area contributed by atoms with Gasteiger partial charge in [-0.2, -0.15) is 0 Å². The number of ether oxygens (including phenoxy) is 2. The fourth-order valence-electron chi connectivity index (χ4n) is 2.03. The molecule has 2 N–H and O–H groups in total. The Morgan fingerprint density at radius 2 is 1.92 bits per heavy atom. The molecule has 1 unspecified atom stereocenters. The smallest absolute Gasteiger partial charge is 0.408 e. The van der Waals surface area contributed by atoms with Gasteiger partial charge < -0.3 is 19.9 Å². The number of hydrogen-bond donors (Lipinski definition) is 2. The van der Waals surface area contributed by atoms with Crippen molar-refractivity contribution in [3.8, 4) is 5.75 Å². The summed E-state index contributed by atoms with van der Waals surface area (Å²) in [5.41, 5.74) is 1.21. The van der Waals surface area contributed by atoms with Gasteiger partial charge in [-0.1, -0.05) is 36.4 Å². The van der Waals surface area contributed by atoms with Gasteiger partial charge in [0.25, 0.3) is 0 Å². The number of alkyl carbamates (subject to hydrolysis) is 1. The number of amides is 1. The number of methoxy groups -OCH3 is 1. The van der Waals surface area contributed by atoms with Gasteiger partial charge in [0.2, 0.25) is 0 Å². The van der Waals surface area contributed by atoms with E-state index in [2.05, 4.69) is 21.2 Å². The number of nitrogens with one attached hydrogen (secondary N) is 1. The zero-order valence-corrected chi connectivity index (χ0v) is 14.4. The highest BCUT2D eigenvalue weighted by Gasteiger charge is 2.23. The van der Waals surface area contributed by atoms with Gasteiger partial charge in [-0.05, 0) is 39.2 Å². The van der Waals surface area contributed by atoms with Crippen molar-refractivity contribution < 1.29 is 24.2 Å². The van der Waals surface area contributed by atoms with Crippen LogP contribution in [0.15, 0.2) is 53.0 Å². The highest BCUT2D eigenvalue weighted by molar-refractivity contribution is 9.10. The third-order valence-corrected chi connectivity index (χ3v) is 3.85. The molecule has 24 heavy (non-hydrogen) atoms. The fourth-order valence-corrected chi connectivity index (χ4v) is 2.59. The average molecular weight is 394 g/mol. The SMILES string of the molecule is COc1ccc(C(NC(=O)OCc2ccccc2)C(=O)O)cc1Br. The van der Waals surface area contributed by atoms with Crippen molar-refractivity contribution in [1.29, 1.82) is 0 Å². The molecule has 0 aliphatic heterocycles. The molecule has 1 amide bonds. The molecule has 2 rings (SSSR count). The molecule has 0 fully saturated rings. The van der Waals surface area contributed by atoms with E-state index >= 15 is 0 Å². The van der Waals surface area contributed by atoms with Crippen LogP contribution in [0.5, 0.6) is 5.75 Å². The lowest BCUT2D eigenvalue weighted by Crippen LogP contribution is -2.34. The number of aliphatic carboxylic acids is 1. The number of carbonyl (C=O) groups is 2. The highest BCUT2D eigenvalue weighted by Crippen LogP contribution is 2.28. The first-order valence-electron chi connectivity index (χ1n) is 7.04. The molecule has 0 aliphatic carbocycles. The van der Waals surface area contributed by atoms with Gasteiger partial charge in [-0.3, -0.25) is 0 Å². The molecule has 7 heteroatoms. The monoisotopic (exact) mass is 393 g/mol. The molecule has 0 spiro atoms. The van der Waals surface area contributed by atoms with E-state index in [0.29, 0.717) is 15.8 Å².